The smallest absolute Gasteiger partial charge is 0.123 e. The highest BCUT2D eigenvalue weighted by atomic mass is 79.9. The highest BCUT2D eigenvalue weighted by molar-refractivity contribution is 9.10. The lowest BCUT2D eigenvalue weighted by molar-refractivity contribution is 0.547. The summed E-state index contributed by atoms with van der Waals surface area (Å²) in [6, 6.07) is 15.2. The summed E-state index contributed by atoms with van der Waals surface area (Å²) in [5, 5.41) is 3.45. The summed E-state index contributed by atoms with van der Waals surface area (Å²) in [6.07, 6.45) is 0.896. The van der Waals surface area contributed by atoms with Gasteiger partial charge in [0.05, 0.1) is 0 Å². The lowest BCUT2D eigenvalue weighted by Crippen LogP contribution is -2.22. The maximum Gasteiger partial charge on any atom is 0.123 e. The second-order valence-electron chi connectivity index (χ2n) is 4.49. The van der Waals surface area contributed by atoms with Crippen LogP contribution in [0.1, 0.15) is 24.1 Å². The highest BCUT2D eigenvalue weighted by Gasteiger charge is 2.11. The van der Waals surface area contributed by atoms with Gasteiger partial charge >= 0.3 is 0 Å². The first-order chi connectivity index (χ1) is 9.19. The number of likely N-dealkylation sites (N-methyl/N-ethyl adjacent to an activating group) is 1. The van der Waals surface area contributed by atoms with Crippen molar-refractivity contribution in [1.82, 2.24) is 5.32 Å². The molecule has 1 nitrogen and oxygen atoms in total. The van der Waals surface area contributed by atoms with Gasteiger partial charge in [0, 0.05) is 10.5 Å². The van der Waals surface area contributed by atoms with E-state index in [0.717, 1.165) is 23.0 Å². The Morgan fingerprint density at radius 2 is 1.68 bits per heavy atom. The Kier molecular flexibility index (Phi) is 5.11. The number of rotatable bonds is 5. The zero-order chi connectivity index (χ0) is 13.7. The lowest BCUT2D eigenvalue weighted by atomic mass is 9.99. The van der Waals surface area contributed by atoms with Gasteiger partial charge in [-0.05, 0) is 48.4 Å². The van der Waals surface area contributed by atoms with E-state index < -0.39 is 0 Å². The van der Waals surface area contributed by atoms with Gasteiger partial charge in [-0.2, -0.15) is 0 Å². The molecule has 0 aliphatic heterocycles. The fraction of sp³-hybridized carbons (Fsp3) is 0.250. The van der Waals surface area contributed by atoms with Crippen molar-refractivity contribution in [2.24, 2.45) is 0 Å². The number of hydrogen-bond acceptors (Lipinski definition) is 1. The molecule has 1 N–H and O–H groups in total. The monoisotopic (exact) mass is 321 g/mol. The number of benzene rings is 2. The summed E-state index contributed by atoms with van der Waals surface area (Å²) >= 11 is 3.44. The van der Waals surface area contributed by atoms with Gasteiger partial charge in [-0.3, -0.25) is 0 Å². The fourth-order valence-corrected chi connectivity index (χ4v) is 2.37. The molecule has 0 aliphatic rings. The van der Waals surface area contributed by atoms with E-state index in [1.807, 2.05) is 24.3 Å². The van der Waals surface area contributed by atoms with E-state index in [2.05, 4.69) is 40.3 Å². The fourth-order valence-electron chi connectivity index (χ4n) is 2.11. The molecule has 100 valence electrons. The van der Waals surface area contributed by atoms with Crippen LogP contribution in [0.3, 0.4) is 0 Å². The second-order valence-corrected chi connectivity index (χ2v) is 5.41. The molecule has 19 heavy (non-hydrogen) atoms. The van der Waals surface area contributed by atoms with Gasteiger partial charge < -0.3 is 5.32 Å². The zero-order valence-corrected chi connectivity index (χ0v) is 12.5. The van der Waals surface area contributed by atoms with Gasteiger partial charge in [-0.25, -0.2) is 4.39 Å². The van der Waals surface area contributed by atoms with Gasteiger partial charge in [0.25, 0.3) is 0 Å². The summed E-state index contributed by atoms with van der Waals surface area (Å²) in [5.41, 5.74) is 2.38. The third-order valence-corrected chi connectivity index (χ3v) is 3.60. The molecule has 2 aromatic rings. The Hall–Kier alpha value is -1.19. The first-order valence-corrected chi connectivity index (χ1v) is 7.21. The molecule has 1 unspecified atom stereocenters. The average molecular weight is 322 g/mol. The Morgan fingerprint density at radius 3 is 2.26 bits per heavy atom. The normalized spacial score (nSPS) is 12.4. The Balaban J connectivity index is 2.15. The molecular formula is C16H17BrFN. The van der Waals surface area contributed by atoms with Gasteiger partial charge in [-0.15, -0.1) is 0 Å². The van der Waals surface area contributed by atoms with E-state index in [1.54, 1.807) is 0 Å². The molecule has 0 bridgehead atoms. The summed E-state index contributed by atoms with van der Waals surface area (Å²) in [7, 11) is 0. The van der Waals surface area contributed by atoms with Crippen LogP contribution in [0.25, 0.3) is 0 Å². The van der Waals surface area contributed by atoms with Crippen LogP contribution < -0.4 is 5.32 Å². The molecule has 0 heterocycles. The standard InChI is InChI=1S/C16H17BrFN/c1-2-19-16(13-5-9-15(18)10-6-13)11-12-3-7-14(17)8-4-12/h3-10,16,19H,2,11H2,1H3. The van der Waals surface area contributed by atoms with Crippen LogP contribution in [0.5, 0.6) is 0 Å². The minimum Gasteiger partial charge on any atom is -0.310 e. The Labute approximate surface area is 122 Å². The van der Waals surface area contributed by atoms with Crippen molar-refractivity contribution in [3.63, 3.8) is 0 Å². The second kappa shape index (κ2) is 6.83. The van der Waals surface area contributed by atoms with Gasteiger partial charge in [0.15, 0.2) is 0 Å². The first kappa shape index (κ1) is 14.2. The largest absolute Gasteiger partial charge is 0.310 e. The van der Waals surface area contributed by atoms with Crippen molar-refractivity contribution in [3.8, 4) is 0 Å². The topological polar surface area (TPSA) is 12.0 Å². The van der Waals surface area contributed by atoms with Crippen LogP contribution in [-0.2, 0) is 6.42 Å². The van der Waals surface area contributed by atoms with E-state index in [0.29, 0.717) is 0 Å². The van der Waals surface area contributed by atoms with Crippen molar-refractivity contribution in [2.45, 2.75) is 19.4 Å². The Bertz CT molecular complexity index is 507. The molecule has 2 aromatic carbocycles. The number of hydrogen-bond donors (Lipinski definition) is 1. The third kappa shape index (κ3) is 4.15. The SMILES string of the molecule is CCNC(Cc1ccc(Br)cc1)c1ccc(F)cc1. The van der Waals surface area contributed by atoms with Gasteiger partial charge in [0.1, 0.15) is 5.82 Å². The molecule has 0 amide bonds. The lowest BCUT2D eigenvalue weighted by Gasteiger charge is -2.18. The van der Waals surface area contributed by atoms with E-state index in [-0.39, 0.29) is 11.9 Å². The first-order valence-electron chi connectivity index (χ1n) is 6.42. The maximum absolute atomic E-state index is 13.0. The molecule has 2 rings (SSSR count). The predicted octanol–water partition coefficient (Wildman–Crippen LogP) is 4.48. The summed E-state index contributed by atoms with van der Waals surface area (Å²) in [5.74, 6) is -0.192. The molecular weight excluding hydrogens is 305 g/mol. The molecule has 0 fully saturated rings. The van der Waals surface area contributed by atoms with Crippen molar-refractivity contribution in [3.05, 3.63) is 69.9 Å². The van der Waals surface area contributed by atoms with Gasteiger partial charge in [-0.1, -0.05) is 47.1 Å². The molecule has 0 radical (unpaired) electrons. The van der Waals surface area contributed by atoms with E-state index in [9.17, 15) is 4.39 Å². The predicted molar refractivity (Wildman–Crippen MR) is 80.7 cm³/mol. The van der Waals surface area contributed by atoms with E-state index >= 15 is 0 Å². The molecule has 3 heteroatoms. The van der Waals surface area contributed by atoms with Crippen LogP contribution in [0.2, 0.25) is 0 Å². The molecule has 1 atom stereocenters. The summed E-state index contributed by atoms with van der Waals surface area (Å²) in [4.78, 5) is 0. The molecule has 0 spiro atoms. The van der Waals surface area contributed by atoms with Crippen LogP contribution >= 0.6 is 15.9 Å². The van der Waals surface area contributed by atoms with Gasteiger partial charge in [0.2, 0.25) is 0 Å². The Morgan fingerprint density at radius 1 is 1.05 bits per heavy atom. The summed E-state index contributed by atoms with van der Waals surface area (Å²) < 4.78 is 14.1. The molecule has 0 aliphatic carbocycles. The third-order valence-electron chi connectivity index (χ3n) is 3.08. The van der Waals surface area contributed by atoms with Crippen molar-refractivity contribution in [2.75, 3.05) is 6.54 Å². The van der Waals surface area contributed by atoms with Crippen LogP contribution in [0, 0.1) is 5.82 Å². The van der Waals surface area contributed by atoms with Crippen LogP contribution in [0.4, 0.5) is 4.39 Å². The van der Waals surface area contributed by atoms with Crippen LogP contribution in [-0.4, -0.2) is 6.54 Å². The minimum atomic E-state index is -0.192. The van der Waals surface area contributed by atoms with E-state index in [1.165, 1.54) is 17.7 Å². The maximum atomic E-state index is 13.0. The molecule has 0 saturated carbocycles. The minimum absolute atomic E-state index is 0.192. The highest BCUT2D eigenvalue weighted by Crippen LogP contribution is 2.20. The average Bonchev–Trinajstić information content (AvgIpc) is 2.42. The van der Waals surface area contributed by atoms with Crippen molar-refractivity contribution < 1.29 is 4.39 Å². The molecule has 0 aromatic heterocycles. The summed E-state index contributed by atoms with van der Waals surface area (Å²) in [6.45, 7) is 2.97. The molecule has 0 saturated heterocycles. The van der Waals surface area contributed by atoms with Crippen LogP contribution in [0.15, 0.2) is 53.0 Å². The quantitative estimate of drug-likeness (QED) is 0.856. The number of nitrogens with one attached hydrogen (secondary N) is 1. The zero-order valence-electron chi connectivity index (χ0n) is 10.9. The van der Waals surface area contributed by atoms with Crippen molar-refractivity contribution in [1.29, 1.82) is 0 Å². The number of halogens is 2. The van der Waals surface area contributed by atoms with E-state index in [4.69, 9.17) is 0 Å². The van der Waals surface area contributed by atoms with Crippen molar-refractivity contribution >= 4 is 15.9 Å².